The first-order valence-corrected chi connectivity index (χ1v) is 6.87. The van der Waals surface area contributed by atoms with Crippen LogP contribution in [0, 0.1) is 6.92 Å². The normalized spacial score (nSPS) is 15.6. The summed E-state index contributed by atoms with van der Waals surface area (Å²) in [5, 5.41) is 0. The van der Waals surface area contributed by atoms with E-state index in [1.807, 2.05) is 11.0 Å². The average Bonchev–Trinajstić information content (AvgIpc) is 2.33. The summed E-state index contributed by atoms with van der Waals surface area (Å²) in [6.07, 6.45) is 4.91. The SMILES string of the molecule is Cc1nc(N2CC=CCC2)nc(N)[n+]1OS(=O)(=O)O. The van der Waals surface area contributed by atoms with Gasteiger partial charge in [-0.1, -0.05) is 22.1 Å². The first-order valence-electron chi connectivity index (χ1n) is 5.50. The fraction of sp³-hybridized carbons (Fsp3) is 0.444. The third kappa shape index (κ3) is 3.29. The molecule has 10 heteroatoms. The van der Waals surface area contributed by atoms with Crippen LogP contribution in [0.2, 0.25) is 0 Å². The summed E-state index contributed by atoms with van der Waals surface area (Å²) in [6.45, 7) is 2.90. The standard InChI is InChI=1S/C9H13N5O4S/c1-7-11-9(13-5-3-2-4-6-13)12-8(10)14(7)18-19(15,16)17/h2-3,10H,4-6H2,1H3,(H,15,16,17)/p+1. The van der Waals surface area contributed by atoms with Crippen LogP contribution in [0.25, 0.3) is 0 Å². The lowest BCUT2D eigenvalue weighted by molar-refractivity contribution is -0.853. The second-order valence-electron chi connectivity index (χ2n) is 3.93. The molecule has 0 saturated heterocycles. The molecule has 1 aliphatic heterocycles. The minimum Gasteiger partial charge on any atom is -0.316 e. The number of nitrogen functional groups attached to an aromatic ring is 1. The van der Waals surface area contributed by atoms with Gasteiger partial charge >= 0.3 is 22.3 Å². The van der Waals surface area contributed by atoms with Crippen molar-refractivity contribution >= 4 is 22.3 Å². The van der Waals surface area contributed by atoms with E-state index in [4.69, 9.17) is 10.3 Å². The van der Waals surface area contributed by atoms with E-state index in [0.717, 1.165) is 13.0 Å². The van der Waals surface area contributed by atoms with Crippen molar-refractivity contribution < 1.29 is 22.0 Å². The first kappa shape index (κ1) is 13.5. The van der Waals surface area contributed by atoms with Gasteiger partial charge in [-0.15, -0.1) is 0 Å². The highest BCUT2D eigenvalue weighted by atomic mass is 32.3. The first-order chi connectivity index (χ1) is 8.87. The molecule has 0 spiro atoms. The number of nitrogens with two attached hydrogens (primary N) is 1. The highest BCUT2D eigenvalue weighted by Crippen LogP contribution is 2.11. The van der Waals surface area contributed by atoms with Crippen LogP contribution < -0.4 is 19.6 Å². The van der Waals surface area contributed by atoms with Crippen LogP contribution >= 0.6 is 0 Å². The van der Waals surface area contributed by atoms with E-state index in [9.17, 15) is 8.42 Å². The second kappa shape index (κ2) is 4.97. The molecule has 1 aromatic heterocycles. The lowest BCUT2D eigenvalue weighted by Gasteiger charge is -2.20. The van der Waals surface area contributed by atoms with Gasteiger partial charge in [-0.25, -0.2) is 4.28 Å². The predicted molar refractivity (Wildman–Crippen MR) is 65.5 cm³/mol. The van der Waals surface area contributed by atoms with Gasteiger partial charge in [0.15, 0.2) is 0 Å². The van der Waals surface area contributed by atoms with Gasteiger partial charge in [-0.3, -0.25) is 4.55 Å². The number of aryl methyl sites for hydroxylation is 1. The molecule has 2 rings (SSSR count). The molecular formula is C9H14N5O4S+. The minimum atomic E-state index is -4.68. The molecule has 0 atom stereocenters. The predicted octanol–water partition coefficient (Wildman–Crippen LogP) is -1.35. The number of aromatic nitrogens is 3. The van der Waals surface area contributed by atoms with E-state index in [-0.39, 0.29) is 11.8 Å². The Bertz CT molecular complexity index is 592. The topological polar surface area (TPSA) is 123 Å². The molecule has 9 nitrogen and oxygen atoms in total. The quantitative estimate of drug-likeness (QED) is 0.398. The lowest BCUT2D eigenvalue weighted by atomic mass is 10.3. The van der Waals surface area contributed by atoms with E-state index in [1.165, 1.54) is 6.92 Å². The summed E-state index contributed by atoms with van der Waals surface area (Å²) in [5.41, 5.74) is 5.60. The van der Waals surface area contributed by atoms with Crippen LogP contribution in [0.4, 0.5) is 11.9 Å². The minimum absolute atomic E-state index is 0.162. The van der Waals surface area contributed by atoms with Crippen molar-refractivity contribution in [3.8, 4) is 0 Å². The molecule has 0 amide bonds. The summed E-state index contributed by atoms with van der Waals surface area (Å²) in [6, 6.07) is 0. The Kier molecular flexibility index (Phi) is 3.53. The summed E-state index contributed by atoms with van der Waals surface area (Å²) in [7, 11) is -4.68. The van der Waals surface area contributed by atoms with Crippen molar-refractivity contribution in [1.82, 2.24) is 9.97 Å². The zero-order valence-electron chi connectivity index (χ0n) is 10.2. The summed E-state index contributed by atoms with van der Waals surface area (Å²) < 4.78 is 34.9. The van der Waals surface area contributed by atoms with Gasteiger partial charge in [0.25, 0.3) is 5.82 Å². The molecule has 0 fully saturated rings. The van der Waals surface area contributed by atoms with E-state index >= 15 is 0 Å². The smallest absolute Gasteiger partial charge is 0.316 e. The Balaban J connectivity index is 2.33. The molecule has 0 aromatic carbocycles. The maximum Gasteiger partial charge on any atom is 0.474 e. The van der Waals surface area contributed by atoms with Gasteiger partial charge in [-0.2, -0.15) is 8.42 Å². The number of hydrogen-bond donors (Lipinski definition) is 2. The number of hydrogen-bond acceptors (Lipinski definition) is 7. The number of anilines is 2. The monoisotopic (exact) mass is 288 g/mol. The van der Waals surface area contributed by atoms with Gasteiger partial charge in [0, 0.05) is 20.0 Å². The van der Waals surface area contributed by atoms with Gasteiger partial charge in [0.1, 0.15) is 0 Å². The molecule has 0 unspecified atom stereocenters. The van der Waals surface area contributed by atoms with Crippen LogP contribution in [-0.4, -0.2) is 36.0 Å². The van der Waals surface area contributed by atoms with Gasteiger partial charge in [0.05, 0.1) is 0 Å². The average molecular weight is 288 g/mol. The van der Waals surface area contributed by atoms with Crippen molar-refractivity contribution in [3.63, 3.8) is 0 Å². The summed E-state index contributed by atoms with van der Waals surface area (Å²) >= 11 is 0. The van der Waals surface area contributed by atoms with Crippen LogP contribution in [0.3, 0.4) is 0 Å². The lowest BCUT2D eigenvalue weighted by Crippen LogP contribution is -2.52. The Morgan fingerprint density at radius 2 is 2.21 bits per heavy atom. The largest absolute Gasteiger partial charge is 0.474 e. The fourth-order valence-electron chi connectivity index (χ4n) is 1.68. The Hall–Kier alpha value is -1.94. The maximum atomic E-state index is 10.7. The van der Waals surface area contributed by atoms with Crippen molar-refractivity contribution in [2.75, 3.05) is 23.7 Å². The molecule has 0 radical (unpaired) electrons. The van der Waals surface area contributed by atoms with Crippen molar-refractivity contribution in [2.24, 2.45) is 0 Å². The van der Waals surface area contributed by atoms with Crippen LogP contribution in [0.1, 0.15) is 12.2 Å². The van der Waals surface area contributed by atoms with E-state index in [1.54, 1.807) is 0 Å². The molecule has 3 N–H and O–H groups in total. The molecule has 19 heavy (non-hydrogen) atoms. The number of nitrogens with zero attached hydrogens (tertiary/aromatic N) is 4. The third-order valence-corrected chi connectivity index (χ3v) is 2.83. The summed E-state index contributed by atoms with van der Waals surface area (Å²) in [5.74, 6) is 0.332. The van der Waals surface area contributed by atoms with E-state index in [2.05, 4.69) is 20.3 Å². The Morgan fingerprint density at radius 3 is 2.74 bits per heavy atom. The molecule has 0 bridgehead atoms. The highest BCUT2D eigenvalue weighted by Gasteiger charge is 2.24. The third-order valence-electron chi connectivity index (χ3n) is 2.49. The maximum absolute atomic E-state index is 10.7. The molecule has 0 aliphatic carbocycles. The molecule has 2 heterocycles. The second-order valence-corrected chi connectivity index (χ2v) is 4.94. The Morgan fingerprint density at radius 1 is 1.47 bits per heavy atom. The van der Waals surface area contributed by atoms with Gasteiger partial charge in [-0.05, 0) is 11.2 Å². The van der Waals surface area contributed by atoms with Gasteiger partial charge < -0.3 is 10.6 Å². The molecule has 1 aliphatic rings. The summed E-state index contributed by atoms with van der Waals surface area (Å²) in [4.78, 5) is 9.96. The zero-order valence-corrected chi connectivity index (χ0v) is 11.0. The fourth-order valence-corrected chi connectivity index (χ4v) is 2.05. The van der Waals surface area contributed by atoms with Crippen LogP contribution in [0.5, 0.6) is 0 Å². The number of rotatable bonds is 3. The van der Waals surface area contributed by atoms with Crippen molar-refractivity contribution in [1.29, 1.82) is 0 Å². The van der Waals surface area contributed by atoms with Crippen LogP contribution in [0.15, 0.2) is 12.2 Å². The molecular weight excluding hydrogens is 274 g/mol. The van der Waals surface area contributed by atoms with Crippen molar-refractivity contribution in [2.45, 2.75) is 13.3 Å². The highest BCUT2D eigenvalue weighted by molar-refractivity contribution is 7.80. The van der Waals surface area contributed by atoms with Crippen molar-refractivity contribution in [3.05, 3.63) is 18.0 Å². The molecule has 104 valence electrons. The van der Waals surface area contributed by atoms with Crippen LogP contribution in [-0.2, 0) is 10.4 Å². The van der Waals surface area contributed by atoms with Gasteiger partial charge in [0.2, 0.25) is 0 Å². The zero-order chi connectivity index (χ0) is 14.0. The molecule has 0 saturated carbocycles. The van der Waals surface area contributed by atoms with E-state index < -0.39 is 10.4 Å². The molecule has 1 aromatic rings. The Labute approximate surface area is 110 Å². The van der Waals surface area contributed by atoms with E-state index in [0.29, 0.717) is 17.2 Å².